The fourth-order valence-electron chi connectivity index (χ4n) is 3.40. The Labute approximate surface area is 187 Å². The van der Waals surface area contributed by atoms with Gasteiger partial charge in [0.2, 0.25) is 0 Å². The molecule has 0 spiro atoms. The maximum absolute atomic E-state index is 13.0. The van der Waals surface area contributed by atoms with E-state index in [0.29, 0.717) is 16.9 Å². The first-order valence-corrected chi connectivity index (χ1v) is 11.6. The molecule has 0 radical (unpaired) electrons. The zero-order chi connectivity index (χ0) is 22.6. The number of hydrogen-bond acceptors (Lipinski definition) is 3. The fraction of sp³-hybridized carbons (Fsp3) is 0.0385. The summed E-state index contributed by atoms with van der Waals surface area (Å²) < 4.78 is 28.5. The van der Waals surface area contributed by atoms with Crippen LogP contribution in [0.1, 0.15) is 15.9 Å². The van der Waals surface area contributed by atoms with Crippen molar-refractivity contribution in [3.8, 4) is 11.1 Å². The molecular formula is C26H22N2O3S. The fourth-order valence-corrected chi connectivity index (χ4v) is 4.73. The molecule has 0 aliphatic heterocycles. The summed E-state index contributed by atoms with van der Waals surface area (Å²) in [6.07, 6.45) is 0. The van der Waals surface area contributed by atoms with Gasteiger partial charge in [0.25, 0.3) is 15.9 Å². The minimum atomic E-state index is -3.85. The first kappa shape index (κ1) is 21.3. The van der Waals surface area contributed by atoms with Crippen LogP contribution in [0.3, 0.4) is 0 Å². The van der Waals surface area contributed by atoms with E-state index in [4.69, 9.17) is 0 Å². The maximum atomic E-state index is 13.0. The highest BCUT2D eigenvalue weighted by atomic mass is 32.2. The summed E-state index contributed by atoms with van der Waals surface area (Å²) in [5, 5.41) is 2.92. The summed E-state index contributed by atoms with van der Waals surface area (Å²) >= 11 is 0. The zero-order valence-corrected chi connectivity index (χ0v) is 18.3. The highest BCUT2D eigenvalue weighted by Crippen LogP contribution is 2.28. The maximum Gasteiger partial charge on any atom is 0.262 e. The van der Waals surface area contributed by atoms with Gasteiger partial charge >= 0.3 is 0 Å². The average Bonchev–Trinajstić information content (AvgIpc) is 2.80. The van der Waals surface area contributed by atoms with E-state index in [9.17, 15) is 13.2 Å². The molecule has 4 rings (SSSR count). The van der Waals surface area contributed by atoms with E-state index in [1.54, 1.807) is 49.4 Å². The molecule has 0 saturated carbocycles. The van der Waals surface area contributed by atoms with Crippen molar-refractivity contribution in [2.75, 3.05) is 10.0 Å². The Morgan fingerprint density at radius 1 is 0.750 bits per heavy atom. The van der Waals surface area contributed by atoms with Crippen LogP contribution < -0.4 is 10.0 Å². The molecule has 0 aliphatic rings. The number of carbonyl (C=O) groups excluding carboxylic acids is 1. The molecule has 0 aliphatic carbocycles. The molecule has 6 heteroatoms. The van der Waals surface area contributed by atoms with Crippen LogP contribution in [0.25, 0.3) is 11.1 Å². The second-order valence-electron chi connectivity index (χ2n) is 7.32. The van der Waals surface area contributed by atoms with E-state index in [1.165, 1.54) is 6.07 Å². The first-order valence-electron chi connectivity index (χ1n) is 10.1. The van der Waals surface area contributed by atoms with Crippen molar-refractivity contribution in [2.45, 2.75) is 11.8 Å². The molecule has 0 heterocycles. The van der Waals surface area contributed by atoms with E-state index < -0.39 is 10.0 Å². The van der Waals surface area contributed by atoms with Crippen molar-refractivity contribution >= 4 is 27.3 Å². The molecule has 0 saturated heterocycles. The van der Waals surface area contributed by atoms with E-state index in [2.05, 4.69) is 10.0 Å². The Morgan fingerprint density at radius 3 is 2.09 bits per heavy atom. The summed E-state index contributed by atoms with van der Waals surface area (Å²) in [6.45, 7) is 1.70. The van der Waals surface area contributed by atoms with Gasteiger partial charge in [-0.15, -0.1) is 0 Å². The number of hydrogen-bond donors (Lipinski definition) is 2. The SMILES string of the molecule is Cc1ccc(C(=O)Nc2ccccc2-c2ccccc2)cc1S(=O)(=O)Nc1ccccc1. The number of carbonyl (C=O) groups is 1. The molecular weight excluding hydrogens is 420 g/mol. The molecule has 0 aromatic heterocycles. The third-order valence-electron chi connectivity index (χ3n) is 5.03. The Morgan fingerprint density at radius 2 is 1.38 bits per heavy atom. The lowest BCUT2D eigenvalue weighted by molar-refractivity contribution is 0.102. The minimum absolute atomic E-state index is 0.0605. The molecule has 160 valence electrons. The summed E-state index contributed by atoms with van der Waals surface area (Å²) in [5.74, 6) is -0.385. The molecule has 4 aromatic rings. The highest BCUT2D eigenvalue weighted by molar-refractivity contribution is 7.92. The van der Waals surface area contributed by atoms with Gasteiger partial charge in [0.1, 0.15) is 0 Å². The lowest BCUT2D eigenvalue weighted by atomic mass is 10.0. The zero-order valence-electron chi connectivity index (χ0n) is 17.4. The lowest BCUT2D eigenvalue weighted by Crippen LogP contribution is -2.17. The molecule has 0 fully saturated rings. The Kier molecular flexibility index (Phi) is 6.05. The lowest BCUT2D eigenvalue weighted by Gasteiger charge is -2.14. The smallest absolute Gasteiger partial charge is 0.262 e. The number of sulfonamides is 1. The van der Waals surface area contributed by atoms with Crippen molar-refractivity contribution in [2.24, 2.45) is 0 Å². The number of aryl methyl sites for hydroxylation is 1. The molecule has 2 N–H and O–H groups in total. The van der Waals surface area contributed by atoms with Crippen molar-refractivity contribution < 1.29 is 13.2 Å². The van der Waals surface area contributed by atoms with Gasteiger partial charge < -0.3 is 5.32 Å². The highest BCUT2D eigenvalue weighted by Gasteiger charge is 2.20. The number of nitrogens with one attached hydrogen (secondary N) is 2. The van der Waals surface area contributed by atoms with Crippen molar-refractivity contribution in [1.82, 2.24) is 0 Å². The van der Waals surface area contributed by atoms with Crippen LogP contribution in [-0.4, -0.2) is 14.3 Å². The van der Waals surface area contributed by atoms with Crippen molar-refractivity contribution in [3.05, 3.63) is 114 Å². The summed E-state index contributed by atoms with van der Waals surface area (Å²) in [6, 6.07) is 30.6. The van der Waals surface area contributed by atoms with Gasteiger partial charge in [-0.1, -0.05) is 72.8 Å². The van der Waals surface area contributed by atoms with Crippen molar-refractivity contribution in [3.63, 3.8) is 0 Å². The number of anilines is 2. The Balaban J connectivity index is 1.63. The third kappa shape index (κ3) is 4.71. The number of amides is 1. The monoisotopic (exact) mass is 442 g/mol. The van der Waals surface area contributed by atoms with Crippen molar-refractivity contribution in [1.29, 1.82) is 0 Å². The van der Waals surface area contributed by atoms with Crippen LogP contribution in [-0.2, 0) is 10.0 Å². The molecule has 32 heavy (non-hydrogen) atoms. The summed E-state index contributed by atoms with van der Waals surface area (Å²) in [5.41, 5.74) is 3.77. The van der Waals surface area contributed by atoms with Crippen LogP contribution in [0, 0.1) is 6.92 Å². The number of rotatable bonds is 6. The predicted octanol–water partition coefficient (Wildman–Crippen LogP) is 5.72. The second-order valence-corrected chi connectivity index (χ2v) is 8.97. The first-order chi connectivity index (χ1) is 15.4. The van der Waals surface area contributed by atoms with Gasteiger partial charge in [0.05, 0.1) is 4.90 Å². The summed E-state index contributed by atoms with van der Waals surface area (Å²) in [4.78, 5) is 13.1. The van der Waals surface area contributed by atoms with Gasteiger partial charge in [-0.25, -0.2) is 8.42 Å². The quantitative estimate of drug-likeness (QED) is 0.401. The minimum Gasteiger partial charge on any atom is -0.321 e. The number of benzene rings is 4. The molecule has 5 nitrogen and oxygen atoms in total. The Hall–Kier alpha value is -3.90. The van der Waals surface area contributed by atoms with Crippen LogP contribution in [0.15, 0.2) is 108 Å². The summed E-state index contributed by atoms with van der Waals surface area (Å²) in [7, 11) is -3.85. The van der Waals surface area contributed by atoms with E-state index in [-0.39, 0.29) is 16.4 Å². The second kappa shape index (κ2) is 9.08. The van der Waals surface area contributed by atoms with Gasteiger partial charge in [0, 0.05) is 22.5 Å². The van der Waals surface area contributed by atoms with Gasteiger partial charge in [-0.3, -0.25) is 9.52 Å². The van der Waals surface area contributed by atoms with Crippen LogP contribution in [0.4, 0.5) is 11.4 Å². The molecule has 4 aromatic carbocycles. The standard InChI is InChI=1S/C26H22N2O3S/c1-19-16-17-21(18-25(19)32(30,31)28-22-12-6-3-7-13-22)26(29)27-24-15-9-8-14-23(24)20-10-4-2-5-11-20/h2-18,28H,1H3,(H,27,29). The molecule has 0 unspecified atom stereocenters. The average molecular weight is 443 g/mol. The number of para-hydroxylation sites is 2. The molecule has 0 bridgehead atoms. The van der Waals surface area contributed by atoms with Gasteiger partial charge in [-0.05, 0) is 48.4 Å². The largest absolute Gasteiger partial charge is 0.321 e. The third-order valence-corrected chi connectivity index (χ3v) is 6.55. The van der Waals surface area contributed by atoms with E-state index in [1.807, 2.05) is 54.6 Å². The van der Waals surface area contributed by atoms with Gasteiger partial charge in [-0.2, -0.15) is 0 Å². The van der Waals surface area contributed by atoms with E-state index in [0.717, 1.165) is 11.1 Å². The predicted molar refractivity (Wildman–Crippen MR) is 128 cm³/mol. The Bertz CT molecular complexity index is 1350. The van der Waals surface area contributed by atoms with Gasteiger partial charge in [0.15, 0.2) is 0 Å². The molecule has 1 amide bonds. The topological polar surface area (TPSA) is 75.3 Å². The van der Waals surface area contributed by atoms with Crippen LogP contribution >= 0.6 is 0 Å². The molecule has 0 atom stereocenters. The van der Waals surface area contributed by atoms with Crippen LogP contribution in [0.2, 0.25) is 0 Å². The normalized spacial score (nSPS) is 11.0. The van der Waals surface area contributed by atoms with Crippen LogP contribution in [0.5, 0.6) is 0 Å². The van der Waals surface area contributed by atoms with E-state index >= 15 is 0 Å².